The Morgan fingerprint density at radius 2 is 2.08 bits per heavy atom. The first-order chi connectivity index (χ1) is 11.5. The lowest BCUT2D eigenvalue weighted by molar-refractivity contribution is 0.0943. The number of pyridine rings is 1. The number of nitrogens with zero attached hydrogens (tertiary/aromatic N) is 3. The van der Waals surface area contributed by atoms with Crippen molar-refractivity contribution in [3.05, 3.63) is 52.0 Å². The second kappa shape index (κ2) is 6.65. The van der Waals surface area contributed by atoms with E-state index < -0.39 is 0 Å². The van der Waals surface area contributed by atoms with Crippen molar-refractivity contribution in [1.29, 1.82) is 0 Å². The molecular formula is C18H20N4OS. The van der Waals surface area contributed by atoms with Gasteiger partial charge in [0.05, 0.1) is 16.6 Å². The van der Waals surface area contributed by atoms with Crippen LogP contribution in [-0.2, 0) is 6.42 Å². The number of carbonyl (C=O) groups excluding carboxylic acids is 1. The van der Waals surface area contributed by atoms with Gasteiger partial charge in [0.2, 0.25) is 0 Å². The van der Waals surface area contributed by atoms with Gasteiger partial charge in [-0.2, -0.15) is 0 Å². The van der Waals surface area contributed by atoms with Crippen molar-refractivity contribution in [2.45, 2.75) is 40.2 Å². The highest BCUT2D eigenvalue weighted by atomic mass is 32.1. The molecule has 0 aliphatic carbocycles. The number of nitrogens with one attached hydrogen (secondary N) is 1. The van der Waals surface area contributed by atoms with Gasteiger partial charge in [-0.15, -0.1) is 11.3 Å². The van der Waals surface area contributed by atoms with Gasteiger partial charge >= 0.3 is 0 Å². The fourth-order valence-electron chi connectivity index (χ4n) is 2.74. The van der Waals surface area contributed by atoms with Crippen LogP contribution in [0.25, 0.3) is 10.2 Å². The van der Waals surface area contributed by atoms with Crippen LogP contribution in [0.15, 0.2) is 24.4 Å². The van der Waals surface area contributed by atoms with Crippen LogP contribution in [0.5, 0.6) is 0 Å². The largest absolute Gasteiger partial charge is 0.343 e. The summed E-state index contributed by atoms with van der Waals surface area (Å²) >= 11 is 1.43. The Kier molecular flexibility index (Phi) is 4.57. The summed E-state index contributed by atoms with van der Waals surface area (Å²) in [5.41, 5.74) is 2.72. The Balaban J connectivity index is 1.93. The predicted molar refractivity (Wildman–Crippen MR) is 96.4 cm³/mol. The van der Waals surface area contributed by atoms with Crippen LogP contribution in [0.2, 0.25) is 0 Å². The summed E-state index contributed by atoms with van der Waals surface area (Å²) in [7, 11) is 0. The zero-order chi connectivity index (χ0) is 17.3. The molecule has 0 aromatic carbocycles. The van der Waals surface area contributed by atoms with E-state index >= 15 is 0 Å². The Labute approximate surface area is 145 Å². The first kappa shape index (κ1) is 16.5. The van der Waals surface area contributed by atoms with E-state index in [0.29, 0.717) is 4.88 Å². The highest BCUT2D eigenvalue weighted by molar-refractivity contribution is 7.20. The third kappa shape index (κ3) is 3.01. The molecular weight excluding hydrogens is 320 g/mol. The van der Waals surface area contributed by atoms with Crippen LogP contribution >= 0.6 is 11.3 Å². The maximum Gasteiger partial charge on any atom is 0.262 e. The third-order valence-corrected chi connectivity index (χ3v) is 5.20. The van der Waals surface area contributed by atoms with Crippen molar-refractivity contribution in [1.82, 2.24) is 20.3 Å². The standard InChI is InChI=1S/C18H20N4OS/c1-5-14-20-12(4)15-10(2)16(24-18(15)22-14)17(23)21-11(3)13-8-6-7-9-19-13/h6-9,11H,5H2,1-4H3,(H,21,23). The number of aryl methyl sites for hydroxylation is 3. The zero-order valence-electron chi connectivity index (χ0n) is 14.3. The summed E-state index contributed by atoms with van der Waals surface area (Å²) in [4.78, 5) is 27.7. The minimum atomic E-state index is -0.151. The van der Waals surface area contributed by atoms with Crippen molar-refractivity contribution in [2.75, 3.05) is 0 Å². The molecule has 24 heavy (non-hydrogen) atoms. The fourth-order valence-corrected chi connectivity index (χ4v) is 3.89. The SMILES string of the molecule is CCc1nc(C)c2c(C)c(C(=O)NC(C)c3ccccn3)sc2n1. The van der Waals surface area contributed by atoms with E-state index in [4.69, 9.17) is 0 Å². The van der Waals surface area contributed by atoms with E-state index in [1.165, 1.54) is 11.3 Å². The molecule has 124 valence electrons. The normalized spacial score (nSPS) is 12.3. The van der Waals surface area contributed by atoms with E-state index in [1.807, 2.05) is 45.9 Å². The molecule has 1 amide bonds. The predicted octanol–water partition coefficient (Wildman–Crippen LogP) is 3.76. The van der Waals surface area contributed by atoms with E-state index in [9.17, 15) is 4.79 Å². The summed E-state index contributed by atoms with van der Waals surface area (Å²) in [6, 6.07) is 5.54. The topological polar surface area (TPSA) is 67.8 Å². The van der Waals surface area contributed by atoms with E-state index in [0.717, 1.165) is 39.4 Å². The lowest BCUT2D eigenvalue weighted by Gasteiger charge is -2.12. The molecule has 1 N–H and O–H groups in total. The quantitative estimate of drug-likeness (QED) is 0.785. The molecule has 3 aromatic heterocycles. The molecule has 0 saturated heterocycles. The molecule has 3 heterocycles. The van der Waals surface area contributed by atoms with Gasteiger partial charge in [-0.25, -0.2) is 9.97 Å². The zero-order valence-corrected chi connectivity index (χ0v) is 15.1. The molecule has 1 atom stereocenters. The molecule has 0 aliphatic rings. The summed E-state index contributed by atoms with van der Waals surface area (Å²) < 4.78 is 0. The molecule has 5 nitrogen and oxygen atoms in total. The van der Waals surface area contributed by atoms with Crippen molar-refractivity contribution < 1.29 is 4.79 Å². The van der Waals surface area contributed by atoms with Gasteiger partial charge in [0.15, 0.2) is 0 Å². The number of rotatable bonds is 4. The number of fused-ring (bicyclic) bond motifs is 1. The molecule has 0 saturated carbocycles. The number of carbonyl (C=O) groups is 1. The van der Waals surface area contributed by atoms with Crippen molar-refractivity contribution in [3.63, 3.8) is 0 Å². The van der Waals surface area contributed by atoms with Crippen molar-refractivity contribution >= 4 is 27.5 Å². The van der Waals surface area contributed by atoms with E-state index in [2.05, 4.69) is 20.3 Å². The van der Waals surface area contributed by atoms with Gasteiger partial charge in [-0.05, 0) is 38.5 Å². The van der Waals surface area contributed by atoms with Gasteiger partial charge in [0.25, 0.3) is 5.91 Å². The Bertz CT molecular complexity index is 889. The number of thiophene rings is 1. The van der Waals surface area contributed by atoms with Crippen LogP contribution in [-0.4, -0.2) is 20.9 Å². The number of hydrogen-bond donors (Lipinski definition) is 1. The van der Waals surface area contributed by atoms with Crippen LogP contribution in [0, 0.1) is 13.8 Å². The summed E-state index contributed by atoms with van der Waals surface area (Å²) in [5.74, 6) is 0.723. The number of hydrogen-bond acceptors (Lipinski definition) is 5. The maximum atomic E-state index is 12.7. The smallest absolute Gasteiger partial charge is 0.262 e. The minimum absolute atomic E-state index is 0.0916. The highest BCUT2D eigenvalue weighted by Crippen LogP contribution is 2.31. The molecule has 0 fully saturated rings. The minimum Gasteiger partial charge on any atom is -0.343 e. The Morgan fingerprint density at radius 3 is 2.75 bits per heavy atom. The van der Waals surface area contributed by atoms with Gasteiger partial charge < -0.3 is 5.32 Å². The average Bonchev–Trinajstić information content (AvgIpc) is 2.92. The van der Waals surface area contributed by atoms with Gasteiger partial charge in [-0.1, -0.05) is 13.0 Å². The molecule has 0 radical (unpaired) electrons. The lowest BCUT2D eigenvalue weighted by atomic mass is 10.1. The molecule has 3 aromatic rings. The van der Waals surface area contributed by atoms with Gasteiger partial charge in [0.1, 0.15) is 10.7 Å². The number of aromatic nitrogens is 3. The maximum absolute atomic E-state index is 12.7. The average molecular weight is 340 g/mol. The monoisotopic (exact) mass is 340 g/mol. The lowest BCUT2D eigenvalue weighted by Crippen LogP contribution is -2.26. The van der Waals surface area contributed by atoms with Gasteiger partial charge in [0, 0.05) is 23.7 Å². The van der Waals surface area contributed by atoms with Crippen molar-refractivity contribution in [2.24, 2.45) is 0 Å². The Hall–Kier alpha value is -2.34. The van der Waals surface area contributed by atoms with E-state index in [1.54, 1.807) is 6.20 Å². The molecule has 1 unspecified atom stereocenters. The van der Waals surface area contributed by atoms with Crippen LogP contribution in [0.4, 0.5) is 0 Å². The first-order valence-electron chi connectivity index (χ1n) is 7.99. The Morgan fingerprint density at radius 1 is 1.29 bits per heavy atom. The van der Waals surface area contributed by atoms with Crippen LogP contribution in [0.3, 0.4) is 0 Å². The molecule has 0 spiro atoms. The van der Waals surface area contributed by atoms with Crippen LogP contribution < -0.4 is 5.32 Å². The molecule has 0 aliphatic heterocycles. The van der Waals surface area contributed by atoms with E-state index in [-0.39, 0.29) is 11.9 Å². The summed E-state index contributed by atoms with van der Waals surface area (Å²) in [5, 5.41) is 4.02. The summed E-state index contributed by atoms with van der Waals surface area (Å²) in [6.07, 6.45) is 2.51. The summed E-state index contributed by atoms with van der Waals surface area (Å²) in [6.45, 7) is 7.90. The fraction of sp³-hybridized carbons (Fsp3) is 0.333. The number of amides is 1. The first-order valence-corrected chi connectivity index (χ1v) is 8.81. The molecule has 3 rings (SSSR count). The second-order valence-corrected chi connectivity index (χ2v) is 6.76. The second-order valence-electron chi connectivity index (χ2n) is 5.76. The highest BCUT2D eigenvalue weighted by Gasteiger charge is 2.20. The van der Waals surface area contributed by atoms with Gasteiger partial charge in [-0.3, -0.25) is 9.78 Å². The van der Waals surface area contributed by atoms with Crippen molar-refractivity contribution in [3.8, 4) is 0 Å². The third-order valence-electron chi connectivity index (χ3n) is 4.02. The molecule has 6 heteroatoms. The van der Waals surface area contributed by atoms with Crippen LogP contribution in [0.1, 0.15) is 52.3 Å². The molecule has 0 bridgehead atoms.